The van der Waals surface area contributed by atoms with Crippen LogP contribution in [0.4, 0.5) is 0 Å². The highest BCUT2D eigenvalue weighted by Crippen LogP contribution is 2.14. The van der Waals surface area contributed by atoms with E-state index in [1.54, 1.807) is 0 Å². The van der Waals surface area contributed by atoms with Crippen LogP contribution in [-0.4, -0.2) is 30.6 Å². The Kier molecular flexibility index (Phi) is 2.45. The van der Waals surface area contributed by atoms with Crippen LogP contribution in [0.1, 0.15) is 13.3 Å². The van der Waals surface area contributed by atoms with Crippen LogP contribution in [0.15, 0.2) is 0 Å². The lowest BCUT2D eigenvalue weighted by Gasteiger charge is -2.07. The quantitative estimate of drug-likeness (QED) is 0.407. The summed E-state index contributed by atoms with van der Waals surface area (Å²) in [5, 5.41) is 12.0. The van der Waals surface area contributed by atoms with E-state index in [-0.39, 0.29) is 6.23 Å². The molecule has 1 fully saturated rings. The Morgan fingerprint density at radius 1 is 1.89 bits per heavy atom. The molecule has 0 aromatic carbocycles. The van der Waals surface area contributed by atoms with E-state index >= 15 is 0 Å². The summed E-state index contributed by atoms with van der Waals surface area (Å²) in [6.07, 6.45) is 0.676. The first-order valence-electron chi connectivity index (χ1n) is 3.36. The van der Waals surface area contributed by atoms with Gasteiger partial charge in [0.15, 0.2) is 0 Å². The van der Waals surface area contributed by atoms with Crippen LogP contribution in [0.3, 0.4) is 0 Å². The van der Waals surface area contributed by atoms with Crippen molar-refractivity contribution < 1.29 is 9.84 Å². The van der Waals surface area contributed by atoms with Crippen molar-refractivity contribution in [3.8, 4) is 0 Å². The van der Waals surface area contributed by atoms with E-state index in [2.05, 4.69) is 5.32 Å². The van der Waals surface area contributed by atoms with Crippen LogP contribution >= 0.6 is 0 Å². The van der Waals surface area contributed by atoms with Crippen molar-refractivity contribution in [2.45, 2.75) is 25.7 Å². The molecule has 1 aliphatic rings. The van der Waals surface area contributed by atoms with Crippen molar-refractivity contribution in [3.05, 3.63) is 0 Å². The van der Waals surface area contributed by atoms with Crippen molar-refractivity contribution in [2.75, 3.05) is 13.2 Å². The van der Waals surface area contributed by atoms with Crippen LogP contribution in [0.5, 0.6) is 0 Å². The first-order valence-corrected chi connectivity index (χ1v) is 3.36. The molecule has 1 saturated heterocycles. The summed E-state index contributed by atoms with van der Waals surface area (Å²) in [7, 11) is 0. The molecule has 1 heterocycles. The Morgan fingerprint density at radius 2 is 2.56 bits per heavy atom. The highest BCUT2D eigenvalue weighted by Gasteiger charge is 2.24. The minimum atomic E-state index is -0.373. The number of hydrogen-bond donors (Lipinski definition) is 2. The number of nitrogens with one attached hydrogen (secondary N) is 1. The second-order valence-corrected chi connectivity index (χ2v) is 2.26. The van der Waals surface area contributed by atoms with Gasteiger partial charge < -0.3 is 9.84 Å². The van der Waals surface area contributed by atoms with Crippen LogP contribution in [0.25, 0.3) is 0 Å². The van der Waals surface area contributed by atoms with Gasteiger partial charge in [0.25, 0.3) is 0 Å². The van der Waals surface area contributed by atoms with Gasteiger partial charge in [0.05, 0.1) is 12.7 Å². The predicted molar refractivity (Wildman–Crippen MR) is 34.0 cm³/mol. The predicted octanol–water partition coefficient (Wildman–Crippen LogP) is -0.297. The molecule has 1 aliphatic heterocycles. The number of epoxide rings is 1. The van der Waals surface area contributed by atoms with Gasteiger partial charge in [-0.25, -0.2) is 0 Å². The van der Waals surface area contributed by atoms with E-state index < -0.39 is 0 Å². The van der Waals surface area contributed by atoms with Gasteiger partial charge in [0, 0.05) is 6.42 Å². The normalized spacial score (nSPS) is 28.0. The zero-order chi connectivity index (χ0) is 6.69. The molecule has 0 aromatic rings. The third-order valence-electron chi connectivity index (χ3n) is 1.33. The largest absolute Gasteiger partial charge is 0.379 e. The van der Waals surface area contributed by atoms with Gasteiger partial charge in [-0.15, -0.1) is 0 Å². The van der Waals surface area contributed by atoms with Crippen LogP contribution < -0.4 is 5.32 Å². The zero-order valence-electron chi connectivity index (χ0n) is 5.63. The van der Waals surface area contributed by atoms with Gasteiger partial charge in [-0.3, -0.25) is 5.32 Å². The molecule has 0 bridgehead atoms. The topological polar surface area (TPSA) is 44.8 Å². The lowest BCUT2D eigenvalue weighted by atomic mass is 10.3. The molecule has 9 heavy (non-hydrogen) atoms. The number of ether oxygens (including phenoxy) is 1. The van der Waals surface area contributed by atoms with Crippen LogP contribution in [0.2, 0.25) is 0 Å². The molecule has 0 amide bonds. The fourth-order valence-electron chi connectivity index (χ4n) is 0.772. The van der Waals surface area contributed by atoms with Gasteiger partial charge in [0.2, 0.25) is 0 Å². The van der Waals surface area contributed by atoms with E-state index in [1.807, 2.05) is 6.92 Å². The first kappa shape index (κ1) is 6.99. The molecular weight excluding hydrogens is 118 g/mol. The average Bonchev–Trinajstić information content (AvgIpc) is 2.50. The van der Waals surface area contributed by atoms with Crippen molar-refractivity contribution in [3.63, 3.8) is 0 Å². The number of aliphatic hydroxyl groups is 1. The summed E-state index contributed by atoms with van der Waals surface area (Å²) in [4.78, 5) is 0. The second-order valence-electron chi connectivity index (χ2n) is 2.26. The molecule has 3 nitrogen and oxygen atoms in total. The fraction of sp³-hybridized carbons (Fsp3) is 1.00. The minimum Gasteiger partial charge on any atom is -0.379 e. The van der Waals surface area contributed by atoms with Gasteiger partial charge in [-0.2, -0.15) is 0 Å². The summed E-state index contributed by atoms with van der Waals surface area (Å²) in [5.41, 5.74) is 0. The minimum absolute atomic E-state index is 0.319. The van der Waals surface area contributed by atoms with Crippen LogP contribution in [-0.2, 0) is 4.74 Å². The zero-order valence-corrected chi connectivity index (χ0v) is 5.63. The Balaban J connectivity index is 1.95. The third kappa shape index (κ3) is 2.79. The molecule has 54 valence electrons. The highest BCUT2D eigenvalue weighted by atomic mass is 16.6. The molecule has 2 unspecified atom stereocenters. The molecule has 0 aromatic heterocycles. The molecule has 0 aliphatic carbocycles. The lowest BCUT2D eigenvalue weighted by Crippen LogP contribution is -2.29. The number of rotatable bonds is 4. The number of aliphatic hydroxyl groups excluding tert-OH is 1. The van der Waals surface area contributed by atoms with Gasteiger partial charge in [-0.05, 0) is 6.54 Å². The van der Waals surface area contributed by atoms with E-state index in [1.165, 1.54) is 0 Å². The highest BCUT2D eigenvalue weighted by molar-refractivity contribution is 4.71. The SMILES string of the molecule is CCNC(O)CC1CO1. The third-order valence-corrected chi connectivity index (χ3v) is 1.33. The maximum atomic E-state index is 9.07. The number of hydrogen-bond acceptors (Lipinski definition) is 3. The van der Waals surface area contributed by atoms with E-state index in [4.69, 9.17) is 9.84 Å². The monoisotopic (exact) mass is 131 g/mol. The Bertz CT molecular complexity index is 83.1. The molecular formula is C6H13NO2. The second kappa shape index (κ2) is 3.15. The Hall–Kier alpha value is -0.120. The molecule has 2 atom stereocenters. The van der Waals surface area contributed by atoms with E-state index in [0.29, 0.717) is 6.10 Å². The summed E-state index contributed by atoms with van der Waals surface area (Å²) in [5.74, 6) is 0. The maximum absolute atomic E-state index is 9.07. The molecule has 2 N–H and O–H groups in total. The van der Waals surface area contributed by atoms with Crippen molar-refractivity contribution >= 4 is 0 Å². The van der Waals surface area contributed by atoms with Crippen molar-refractivity contribution in [2.24, 2.45) is 0 Å². The summed E-state index contributed by atoms with van der Waals surface area (Å²) < 4.78 is 4.93. The summed E-state index contributed by atoms with van der Waals surface area (Å²) >= 11 is 0. The van der Waals surface area contributed by atoms with Crippen molar-refractivity contribution in [1.29, 1.82) is 0 Å². The standard InChI is InChI=1S/C6H13NO2/c1-2-7-6(8)3-5-4-9-5/h5-8H,2-4H2,1H3. The average molecular weight is 131 g/mol. The Morgan fingerprint density at radius 3 is 3.00 bits per heavy atom. The van der Waals surface area contributed by atoms with Crippen LogP contribution in [0, 0.1) is 0 Å². The molecule has 0 spiro atoms. The smallest absolute Gasteiger partial charge is 0.107 e. The summed E-state index contributed by atoms with van der Waals surface area (Å²) in [6.45, 7) is 3.60. The van der Waals surface area contributed by atoms with Crippen molar-refractivity contribution in [1.82, 2.24) is 5.32 Å². The Labute approximate surface area is 55.0 Å². The van der Waals surface area contributed by atoms with Gasteiger partial charge in [-0.1, -0.05) is 6.92 Å². The molecule has 0 radical (unpaired) electrons. The van der Waals surface area contributed by atoms with Gasteiger partial charge >= 0.3 is 0 Å². The maximum Gasteiger partial charge on any atom is 0.107 e. The van der Waals surface area contributed by atoms with E-state index in [9.17, 15) is 0 Å². The van der Waals surface area contributed by atoms with Gasteiger partial charge in [0.1, 0.15) is 6.23 Å². The van der Waals surface area contributed by atoms with E-state index in [0.717, 1.165) is 19.6 Å². The fourth-order valence-corrected chi connectivity index (χ4v) is 0.772. The first-order chi connectivity index (χ1) is 4.33. The molecule has 0 saturated carbocycles. The summed E-state index contributed by atoms with van der Waals surface area (Å²) in [6, 6.07) is 0. The molecule has 1 rings (SSSR count). The lowest BCUT2D eigenvalue weighted by molar-refractivity contribution is 0.119. The molecule has 3 heteroatoms.